The Bertz CT molecular complexity index is 1180. The zero-order chi connectivity index (χ0) is 22.8. The maximum absolute atomic E-state index is 13.2. The summed E-state index contributed by atoms with van der Waals surface area (Å²) >= 11 is 0. The van der Waals surface area contributed by atoms with Crippen molar-refractivity contribution in [2.24, 2.45) is 5.10 Å². The van der Waals surface area contributed by atoms with Gasteiger partial charge in [-0.15, -0.1) is 0 Å². The standard InChI is InChI=1S/C24H23N3O4S/c1-2-16-31-22-13-9-10-20(17-22)18-25-26-24(28)19-27(21-11-5-3-6-12-21)32(29,30)23-14-7-4-8-15-23/h2-15,17-18H,1,16,19H2,(H,26,28)/b25-18-. The van der Waals surface area contributed by atoms with Crippen molar-refractivity contribution >= 4 is 27.8 Å². The Morgan fingerprint density at radius 1 is 1.00 bits per heavy atom. The number of hydrazone groups is 1. The highest BCUT2D eigenvalue weighted by Gasteiger charge is 2.26. The van der Waals surface area contributed by atoms with Gasteiger partial charge in [-0.05, 0) is 42.0 Å². The van der Waals surface area contributed by atoms with E-state index in [9.17, 15) is 13.2 Å². The quantitative estimate of drug-likeness (QED) is 0.291. The minimum Gasteiger partial charge on any atom is -0.490 e. The number of nitrogens with one attached hydrogen (secondary N) is 1. The minimum atomic E-state index is -3.94. The molecule has 0 fully saturated rings. The zero-order valence-corrected chi connectivity index (χ0v) is 18.1. The van der Waals surface area contributed by atoms with E-state index >= 15 is 0 Å². The molecule has 0 heterocycles. The first-order chi connectivity index (χ1) is 15.5. The van der Waals surface area contributed by atoms with E-state index in [-0.39, 0.29) is 4.90 Å². The van der Waals surface area contributed by atoms with E-state index in [2.05, 4.69) is 17.1 Å². The van der Waals surface area contributed by atoms with Crippen molar-refractivity contribution in [2.45, 2.75) is 4.90 Å². The van der Waals surface area contributed by atoms with Crippen LogP contribution < -0.4 is 14.5 Å². The lowest BCUT2D eigenvalue weighted by atomic mass is 10.2. The van der Waals surface area contributed by atoms with Gasteiger partial charge in [0.2, 0.25) is 0 Å². The number of carbonyl (C=O) groups excluding carboxylic acids is 1. The van der Waals surface area contributed by atoms with Crippen LogP contribution in [0.4, 0.5) is 5.69 Å². The van der Waals surface area contributed by atoms with E-state index in [0.29, 0.717) is 23.6 Å². The molecule has 0 aliphatic rings. The molecule has 32 heavy (non-hydrogen) atoms. The van der Waals surface area contributed by atoms with Gasteiger partial charge < -0.3 is 4.74 Å². The van der Waals surface area contributed by atoms with Crippen molar-refractivity contribution in [3.63, 3.8) is 0 Å². The molecule has 1 N–H and O–H groups in total. The molecule has 3 rings (SSSR count). The molecule has 0 aliphatic carbocycles. The van der Waals surface area contributed by atoms with Gasteiger partial charge in [-0.25, -0.2) is 13.8 Å². The molecule has 0 spiro atoms. The first kappa shape index (κ1) is 22.8. The normalized spacial score (nSPS) is 11.1. The fraction of sp³-hybridized carbons (Fsp3) is 0.0833. The third-order valence-electron chi connectivity index (χ3n) is 4.29. The average molecular weight is 450 g/mol. The molecule has 8 heteroatoms. The second-order valence-electron chi connectivity index (χ2n) is 6.63. The van der Waals surface area contributed by atoms with Crippen LogP contribution in [0.5, 0.6) is 5.75 Å². The van der Waals surface area contributed by atoms with Gasteiger partial charge in [-0.1, -0.05) is 61.2 Å². The first-order valence-electron chi connectivity index (χ1n) is 9.79. The van der Waals surface area contributed by atoms with Gasteiger partial charge in [0.1, 0.15) is 18.9 Å². The Balaban J connectivity index is 1.74. The number of amides is 1. The second kappa shape index (κ2) is 10.9. The topological polar surface area (TPSA) is 88.1 Å². The van der Waals surface area contributed by atoms with E-state index in [4.69, 9.17) is 4.74 Å². The molecule has 1 amide bonds. The van der Waals surface area contributed by atoms with Gasteiger partial charge in [0.25, 0.3) is 15.9 Å². The molecular formula is C24H23N3O4S. The van der Waals surface area contributed by atoms with Crippen LogP contribution in [0.1, 0.15) is 5.56 Å². The summed E-state index contributed by atoms with van der Waals surface area (Å²) in [7, 11) is -3.94. The van der Waals surface area contributed by atoms with Crippen molar-refractivity contribution in [2.75, 3.05) is 17.5 Å². The highest BCUT2D eigenvalue weighted by Crippen LogP contribution is 2.23. The summed E-state index contributed by atoms with van der Waals surface area (Å²) < 4.78 is 32.9. The third kappa shape index (κ3) is 6.05. The van der Waals surface area contributed by atoms with Gasteiger partial charge >= 0.3 is 0 Å². The molecule has 0 aromatic heterocycles. The number of hydrogen-bond acceptors (Lipinski definition) is 5. The third-order valence-corrected chi connectivity index (χ3v) is 6.08. The maximum atomic E-state index is 13.2. The average Bonchev–Trinajstić information content (AvgIpc) is 2.82. The van der Waals surface area contributed by atoms with Crippen molar-refractivity contribution in [3.05, 3.63) is 103 Å². The van der Waals surface area contributed by atoms with Crippen LogP contribution in [0.2, 0.25) is 0 Å². The molecule has 0 unspecified atom stereocenters. The molecule has 0 saturated heterocycles. The van der Waals surface area contributed by atoms with Gasteiger partial charge in [0, 0.05) is 0 Å². The number of carbonyl (C=O) groups is 1. The summed E-state index contributed by atoms with van der Waals surface area (Å²) in [5, 5.41) is 3.94. The highest BCUT2D eigenvalue weighted by molar-refractivity contribution is 7.92. The van der Waals surface area contributed by atoms with Crippen LogP contribution in [-0.2, 0) is 14.8 Å². The van der Waals surface area contributed by atoms with Crippen LogP contribution in [0, 0.1) is 0 Å². The first-order valence-corrected chi connectivity index (χ1v) is 11.2. The van der Waals surface area contributed by atoms with Gasteiger partial charge in [0.05, 0.1) is 16.8 Å². The number of para-hydroxylation sites is 1. The minimum absolute atomic E-state index is 0.0940. The lowest BCUT2D eigenvalue weighted by Gasteiger charge is -2.23. The Labute approximate surface area is 187 Å². The fourth-order valence-electron chi connectivity index (χ4n) is 2.81. The molecular weight excluding hydrogens is 426 g/mol. The molecule has 0 saturated carbocycles. The van der Waals surface area contributed by atoms with E-state index in [1.54, 1.807) is 78.9 Å². The Hall–Kier alpha value is -3.91. The number of nitrogens with zero attached hydrogens (tertiary/aromatic N) is 2. The van der Waals surface area contributed by atoms with Crippen LogP contribution >= 0.6 is 0 Å². The maximum Gasteiger partial charge on any atom is 0.264 e. The SMILES string of the molecule is C=CCOc1cccc(/C=N\NC(=O)CN(c2ccccc2)S(=O)(=O)c2ccccc2)c1. The number of hydrogen-bond donors (Lipinski definition) is 1. The van der Waals surface area contributed by atoms with E-state index in [1.807, 2.05) is 0 Å². The summed E-state index contributed by atoms with van der Waals surface area (Å²) in [4.78, 5) is 12.6. The van der Waals surface area contributed by atoms with Crippen LogP contribution in [-0.4, -0.2) is 33.7 Å². The molecule has 0 bridgehead atoms. The fourth-order valence-corrected chi connectivity index (χ4v) is 4.26. The molecule has 0 aliphatic heterocycles. The number of anilines is 1. The molecule has 7 nitrogen and oxygen atoms in total. The van der Waals surface area contributed by atoms with Gasteiger partial charge in [-0.2, -0.15) is 5.10 Å². The summed E-state index contributed by atoms with van der Waals surface area (Å²) in [6.07, 6.45) is 3.10. The largest absolute Gasteiger partial charge is 0.490 e. The predicted molar refractivity (Wildman–Crippen MR) is 125 cm³/mol. The summed E-state index contributed by atoms with van der Waals surface area (Å²) in [6.45, 7) is 3.55. The number of sulfonamides is 1. The molecule has 0 atom stereocenters. The lowest BCUT2D eigenvalue weighted by molar-refractivity contribution is -0.119. The highest BCUT2D eigenvalue weighted by atomic mass is 32.2. The summed E-state index contributed by atoms with van der Waals surface area (Å²) in [5.41, 5.74) is 3.47. The molecule has 0 radical (unpaired) electrons. The van der Waals surface area contributed by atoms with Crippen LogP contribution in [0.25, 0.3) is 0 Å². The van der Waals surface area contributed by atoms with Gasteiger partial charge in [0.15, 0.2) is 0 Å². The van der Waals surface area contributed by atoms with Crippen LogP contribution in [0.15, 0.2) is 108 Å². The summed E-state index contributed by atoms with van der Waals surface area (Å²) in [5.74, 6) is 0.0630. The van der Waals surface area contributed by atoms with Crippen molar-refractivity contribution in [1.29, 1.82) is 0 Å². The summed E-state index contributed by atoms with van der Waals surface area (Å²) in [6, 6.07) is 23.6. The second-order valence-corrected chi connectivity index (χ2v) is 8.49. The van der Waals surface area contributed by atoms with Crippen molar-refractivity contribution < 1.29 is 17.9 Å². The zero-order valence-electron chi connectivity index (χ0n) is 17.3. The van der Waals surface area contributed by atoms with Crippen LogP contribution in [0.3, 0.4) is 0 Å². The predicted octanol–water partition coefficient (Wildman–Crippen LogP) is 3.60. The monoisotopic (exact) mass is 449 g/mol. The Morgan fingerprint density at radius 3 is 2.38 bits per heavy atom. The lowest BCUT2D eigenvalue weighted by Crippen LogP contribution is -2.39. The van der Waals surface area contributed by atoms with Gasteiger partial charge in [-0.3, -0.25) is 9.10 Å². The Kier molecular flexibility index (Phi) is 7.77. The molecule has 164 valence electrons. The van der Waals surface area contributed by atoms with E-state index < -0.39 is 22.5 Å². The van der Waals surface area contributed by atoms with E-state index in [0.717, 1.165) is 4.31 Å². The van der Waals surface area contributed by atoms with Crippen molar-refractivity contribution in [1.82, 2.24) is 5.43 Å². The Morgan fingerprint density at radius 2 is 1.69 bits per heavy atom. The van der Waals surface area contributed by atoms with Crippen molar-refractivity contribution in [3.8, 4) is 5.75 Å². The van der Waals surface area contributed by atoms with E-state index in [1.165, 1.54) is 18.3 Å². The number of ether oxygens (including phenoxy) is 1. The molecule has 3 aromatic rings. The smallest absolute Gasteiger partial charge is 0.264 e. The molecule has 3 aromatic carbocycles. The number of benzene rings is 3. The number of rotatable bonds is 10.